The highest BCUT2D eigenvalue weighted by atomic mass is 32.1. The van der Waals surface area contributed by atoms with Crippen molar-refractivity contribution in [2.24, 2.45) is 0 Å². The molecule has 70 valence electrons. The first-order valence-electron chi connectivity index (χ1n) is 4.26. The number of ether oxygens (including phenoxy) is 1. The molecule has 0 radical (unpaired) electrons. The van der Waals surface area contributed by atoms with Crippen molar-refractivity contribution < 1.29 is 9.53 Å². The van der Waals surface area contributed by atoms with Crippen LogP contribution < -0.4 is 10.1 Å². The molecule has 0 aliphatic carbocycles. The van der Waals surface area contributed by atoms with Gasteiger partial charge in [-0.05, 0) is 18.1 Å². The Balaban J connectivity index is 2.20. The lowest BCUT2D eigenvalue weighted by atomic mass is 10.1. The van der Waals surface area contributed by atoms with Gasteiger partial charge in [0.2, 0.25) is 0 Å². The van der Waals surface area contributed by atoms with E-state index in [1.807, 2.05) is 6.07 Å². The molecule has 1 aromatic rings. The summed E-state index contributed by atoms with van der Waals surface area (Å²) in [5, 5.41) is 4.00. The molecule has 0 atom stereocenters. The van der Waals surface area contributed by atoms with Crippen molar-refractivity contribution in [3.63, 3.8) is 0 Å². The number of hydrogen-bond donors (Lipinski definition) is 1. The largest absolute Gasteiger partial charge is 0.416 e. The monoisotopic (exact) mass is 197 g/mol. The van der Waals surface area contributed by atoms with Gasteiger partial charge in [-0.3, -0.25) is 4.79 Å². The Bertz CT molecular complexity index is 309. The van der Waals surface area contributed by atoms with E-state index in [9.17, 15) is 4.79 Å². The van der Waals surface area contributed by atoms with Crippen molar-refractivity contribution in [3.8, 4) is 5.06 Å². The van der Waals surface area contributed by atoms with Gasteiger partial charge in [0, 0.05) is 24.9 Å². The SMILES string of the molecule is CC(=O)Oc1cc2c(s1)CCNC2. The molecular formula is C9H11NO2S. The maximum Gasteiger partial charge on any atom is 0.308 e. The minimum atomic E-state index is -0.244. The van der Waals surface area contributed by atoms with Crippen LogP contribution in [-0.4, -0.2) is 12.5 Å². The Morgan fingerprint density at radius 3 is 3.23 bits per heavy atom. The molecule has 3 nitrogen and oxygen atoms in total. The van der Waals surface area contributed by atoms with Crippen LogP contribution in [0.5, 0.6) is 5.06 Å². The standard InChI is InChI=1S/C9H11NO2S/c1-6(11)12-9-4-7-5-10-3-2-8(7)13-9/h4,10H,2-3,5H2,1H3. The molecule has 2 rings (SSSR count). The van der Waals surface area contributed by atoms with E-state index in [1.54, 1.807) is 11.3 Å². The number of rotatable bonds is 1. The van der Waals surface area contributed by atoms with E-state index in [0.29, 0.717) is 0 Å². The van der Waals surface area contributed by atoms with E-state index in [0.717, 1.165) is 24.6 Å². The van der Waals surface area contributed by atoms with Gasteiger partial charge in [0.15, 0.2) is 5.06 Å². The zero-order valence-corrected chi connectivity index (χ0v) is 8.24. The number of fused-ring (bicyclic) bond motifs is 1. The summed E-state index contributed by atoms with van der Waals surface area (Å²) >= 11 is 1.58. The van der Waals surface area contributed by atoms with Crippen LogP contribution in [0.25, 0.3) is 0 Å². The molecule has 0 bridgehead atoms. The van der Waals surface area contributed by atoms with Gasteiger partial charge in [-0.25, -0.2) is 0 Å². The fourth-order valence-corrected chi connectivity index (χ4v) is 2.49. The van der Waals surface area contributed by atoms with Crippen molar-refractivity contribution in [3.05, 3.63) is 16.5 Å². The molecule has 1 aliphatic heterocycles. The minimum absolute atomic E-state index is 0.244. The average molecular weight is 197 g/mol. The smallest absolute Gasteiger partial charge is 0.308 e. The van der Waals surface area contributed by atoms with Crippen LogP contribution in [0.15, 0.2) is 6.07 Å². The number of esters is 1. The van der Waals surface area contributed by atoms with Crippen molar-refractivity contribution >= 4 is 17.3 Å². The van der Waals surface area contributed by atoms with Crippen LogP contribution in [-0.2, 0) is 17.8 Å². The van der Waals surface area contributed by atoms with E-state index in [4.69, 9.17) is 4.74 Å². The Hall–Kier alpha value is -0.870. The van der Waals surface area contributed by atoms with Gasteiger partial charge < -0.3 is 10.1 Å². The summed E-state index contributed by atoms with van der Waals surface area (Å²) in [7, 11) is 0. The fourth-order valence-electron chi connectivity index (χ4n) is 1.42. The second-order valence-corrected chi connectivity index (χ2v) is 4.13. The molecule has 0 unspecified atom stereocenters. The van der Waals surface area contributed by atoms with Crippen molar-refractivity contribution in [2.75, 3.05) is 6.54 Å². The highest BCUT2D eigenvalue weighted by molar-refractivity contribution is 7.14. The van der Waals surface area contributed by atoms with Gasteiger partial charge in [0.05, 0.1) is 0 Å². The molecule has 1 N–H and O–H groups in total. The van der Waals surface area contributed by atoms with E-state index in [2.05, 4.69) is 5.32 Å². The van der Waals surface area contributed by atoms with Gasteiger partial charge in [0.1, 0.15) is 0 Å². The van der Waals surface area contributed by atoms with Gasteiger partial charge in [-0.15, -0.1) is 11.3 Å². The van der Waals surface area contributed by atoms with Crippen molar-refractivity contribution in [1.82, 2.24) is 5.32 Å². The van der Waals surface area contributed by atoms with Crippen LogP contribution in [0.2, 0.25) is 0 Å². The lowest BCUT2D eigenvalue weighted by molar-refractivity contribution is -0.131. The Labute approximate surface area is 80.7 Å². The predicted molar refractivity (Wildman–Crippen MR) is 51.0 cm³/mol. The molecule has 1 aliphatic rings. The summed E-state index contributed by atoms with van der Waals surface area (Å²) in [5.74, 6) is -0.244. The number of hydrogen-bond acceptors (Lipinski definition) is 4. The third-order valence-electron chi connectivity index (χ3n) is 1.96. The summed E-state index contributed by atoms with van der Waals surface area (Å²) in [5.41, 5.74) is 1.27. The highest BCUT2D eigenvalue weighted by Crippen LogP contribution is 2.31. The third-order valence-corrected chi connectivity index (χ3v) is 3.08. The second kappa shape index (κ2) is 3.47. The first-order valence-corrected chi connectivity index (χ1v) is 5.08. The van der Waals surface area contributed by atoms with E-state index in [1.165, 1.54) is 17.4 Å². The number of carbonyl (C=O) groups excluding carboxylic acids is 1. The summed E-state index contributed by atoms with van der Waals surface area (Å²) in [4.78, 5) is 12.0. The maximum absolute atomic E-state index is 10.7. The van der Waals surface area contributed by atoms with Gasteiger partial charge >= 0.3 is 5.97 Å². The highest BCUT2D eigenvalue weighted by Gasteiger charge is 2.14. The molecule has 0 aromatic carbocycles. The molecule has 0 fully saturated rings. The van der Waals surface area contributed by atoms with Crippen LogP contribution in [0, 0.1) is 0 Å². The first kappa shape index (κ1) is 8.72. The number of carbonyl (C=O) groups is 1. The zero-order valence-electron chi connectivity index (χ0n) is 7.42. The van der Waals surface area contributed by atoms with E-state index >= 15 is 0 Å². The second-order valence-electron chi connectivity index (χ2n) is 3.03. The lowest BCUT2D eigenvalue weighted by Crippen LogP contribution is -2.21. The molecular weight excluding hydrogens is 186 g/mol. The molecule has 0 saturated carbocycles. The number of nitrogens with one attached hydrogen (secondary N) is 1. The molecule has 2 heterocycles. The molecule has 0 amide bonds. The Morgan fingerprint density at radius 1 is 1.69 bits per heavy atom. The van der Waals surface area contributed by atoms with E-state index in [-0.39, 0.29) is 5.97 Å². The van der Waals surface area contributed by atoms with E-state index < -0.39 is 0 Å². The molecule has 0 saturated heterocycles. The van der Waals surface area contributed by atoms with Crippen LogP contribution in [0.4, 0.5) is 0 Å². The molecule has 13 heavy (non-hydrogen) atoms. The average Bonchev–Trinajstić information content (AvgIpc) is 2.44. The van der Waals surface area contributed by atoms with Crippen molar-refractivity contribution in [2.45, 2.75) is 19.9 Å². The first-order chi connectivity index (χ1) is 6.25. The van der Waals surface area contributed by atoms with Gasteiger partial charge in [-0.2, -0.15) is 0 Å². The number of thiophene rings is 1. The van der Waals surface area contributed by atoms with Gasteiger partial charge in [-0.1, -0.05) is 0 Å². The van der Waals surface area contributed by atoms with Crippen LogP contribution >= 0.6 is 11.3 Å². The zero-order chi connectivity index (χ0) is 9.26. The normalized spacial score (nSPS) is 15.2. The lowest BCUT2D eigenvalue weighted by Gasteiger charge is -2.10. The van der Waals surface area contributed by atoms with Crippen molar-refractivity contribution in [1.29, 1.82) is 0 Å². The summed E-state index contributed by atoms with van der Waals surface area (Å²) in [6.45, 7) is 3.34. The van der Waals surface area contributed by atoms with Crippen LogP contribution in [0.3, 0.4) is 0 Å². The molecule has 1 aromatic heterocycles. The summed E-state index contributed by atoms with van der Waals surface area (Å²) in [6.07, 6.45) is 1.04. The minimum Gasteiger partial charge on any atom is -0.416 e. The van der Waals surface area contributed by atoms with Crippen LogP contribution in [0.1, 0.15) is 17.4 Å². The topological polar surface area (TPSA) is 38.3 Å². The fraction of sp³-hybridized carbons (Fsp3) is 0.444. The molecule has 0 spiro atoms. The summed E-state index contributed by atoms with van der Waals surface area (Å²) < 4.78 is 5.02. The Kier molecular flexibility index (Phi) is 2.33. The predicted octanol–water partition coefficient (Wildman–Crippen LogP) is 1.32. The summed E-state index contributed by atoms with van der Waals surface area (Å²) in [6, 6.07) is 1.95. The Morgan fingerprint density at radius 2 is 2.54 bits per heavy atom. The van der Waals surface area contributed by atoms with Gasteiger partial charge in [0.25, 0.3) is 0 Å². The third kappa shape index (κ3) is 1.89. The quantitative estimate of drug-likeness (QED) is 0.690. The molecule has 4 heteroatoms. The maximum atomic E-state index is 10.7.